The number of benzene rings is 1. The summed E-state index contributed by atoms with van der Waals surface area (Å²) in [6.45, 7) is 4.62. The average molecular weight is 326 g/mol. The molecule has 0 aliphatic rings. The molecule has 126 valence electrons. The normalized spacial score (nSPS) is 11.4. The molecular weight excluding hydrogens is 304 g/mol. The number of hydrogen-bond acceptors (Lipinski definition) is 4. The fourth-order valence-electron chi connectivity index (χ4n) is 2.74. The number of fused-ring (bicyclic) bond motifs is 1. The molecule has 6 heteroatoms. The van der Waals surface area contributed by atoms with E-state index in [9.17, 15) is 4.79 Å². The Hall–Kier alpha value is -2.63. The predicted octanol–water partition coefficient (Wildman–Crippen LogP) is 3.03. The highest BCUT2D eigenvalue weighted by Crippen LogP contribution is 2.16. The molecule has 0 aliphatic heterocycles. The van der Waals surface area contributed by atoms with Gasteiger partial charge in [0, 0.05) is 20.2 Å². The van der Waals surface area contributed by atoms with Crippen molar-refractivity contribution in [2.24, 2.45) is 13.0 Å². The van der Waals surface area contributed by atoms with Gasteiger partial charge in [0.05, 0.1) is 23.3 Å². The summed E-state index contributed by atoms with van der Waals surface area (Å²) in [6.07, 6.45) is 0.797. The number of para-hydroxylation sites is 2. The van der Waals surface area contributed by atoms with E-state index in [2.05, 4.69) is 24.0 Å². The van der Waals surface area contributed by atoms with Gasteiger partial charge in [-0.3, -0.25) is 4.79 Å². The first kappa shape index (κ1) is 16.2. The minimum absolute atomic E-state index is 0.190. The molecule has 0 atom stereocenters. The van der Waals surface area contributed by atoms with Crippen molar-refractivity contribution >= 4 is 16.9 Å². The first-order valence-corrected chi connectivity index (χ1v) is 8.07. The number of aromatic nitrogens is 3. The van der Waals surface area contributed by atoms with Crippen molar-refractivity contribution in [1.29, 1.82) is 0 Å². The van der Waals surface area contributed by atoms with Crippen LogP contribution in [0.2, 0.25) is 0 Å². The molecule has 24 heavy (non-hydrogen) atoms. The molecule has 2 aromatic heterocycles. The molecule has 0 aliphatic carbocycles. The van der Waals surface area contributed by atoms with E-state index in [0.717, 1.165) is 29.0 Å². The summed E-state index contributed by atoms with van der Waals surface area (Å²) >= 11 is 0. The van der Waals surface area contributed by atoms with Gasteiger partial charge >= 0.3 is 0 Å². The van der Waals surface area contributed by atoms with Crippen molar-refractivity contribution in [3.63, 3.8) is 0 Å². The molecule has 0 spiro atoms. The third kappa shape index (κ3) is 3.18. The molecule has 0 bridgehead atoms. The number of rotatable bonds is 5. The van der Waals surface area contributed by atoms with Crippen LogP contribution in [0, 0.1) is 5.92 Å². The Morgan fingerprint density at radius 3 is 2.79 bits per heavy atom. The summed E-state index contributed by atoms with van der Waals surface area (Å²) in [5.41, 5.74) is 2.78. The highest BCUT2D eigenvalue weighted by Gasteiger charge is 2.20. The summed E-state index contributed by atoms with van der Waals surface area (Å²) in [5, 5.41) is 3.98. The highest BCUT2D eigenvalue weighted by molar-refractivity contribution is 5.91. The van der Waals surface area contributed by atoms with Gasteiger partial charge in [-0.2, -0.15) is 0 Å². The predicted molar refractivity (Wildman–Crippen MR) is 91.6 cm³/mol. The third-order valence-corrected chi connectivity index (χ3v) is 3.99. The minimum Gasteiger partial charge on any atom is -0.351 e. The molecule has 1 amide bonds. The van der Waals surface area contributed by atoms with Gasteiger partial charge in [-0.15, -0.1) is 0 Å². The van der Waals surface area contributed by atoms with Crippen molar-refractivity contribution in [3.8, 4) is 0 Å². The maximum atomic E-state index is 12.5. The first-order chi connectivity index (χ1) is 11.5. The summed E-state index contributed by atoms with van der Waals surface area (Å²) in [4.78, 5) is 18.7. The molecule has 0 radical (unpaired) electrons. The molecule has 0 N–H and O–H groups in total. The Labute approximate surface area is 141 Å². The zero-order chi connectivity index (χ0) is 17.3. The summed E-state index contributed by atoms with van der Waals surface area (Å²) in [7, 11) is 3.70. The van der Waals surface area contributed by atoms with E-state index >= 15 is 0 Å². The lowest BCUT2D eigenvalue weighted by atomic mass is 10.1. The van der Waals surface area contributed by atoms with Crippen LogP contribution in [-0.2, 0) is 20.0 Å². The van der Waals surface area contributed by atoms with Crippen molar-refractivity contribution in [2.45, 2.75) is 26.8 Å². The molecule has 0 unspecified atom stereocenters. The second kappa shape index (κ2) is 6.47. The van der Waals surface area contributed by atoms with Crippen LogP contribution in [0.3, 0.4) is 0 Å². The first-order valence-electron chi connectivity index (χ1n) is 8.07. The Morgan fingerprint density at radius 2 is 2.08 bits per heavy atom. The molecular formula is C18H22N4O2. The average Bonchev–Trinajstić information content (AvgIpc) is 3.12. The monoisotopic (exact) mass is 326 g/mol. The van der Waals surface area contributed by atoms with Crippen molar-refractivity contribution in [1.82, 2.24) is 19.6 Å². The van der Waals surface area contributed by atoms with Crippen LogP contribution < -0.4 is 0 Å². The Kier molecular flexibility index (Phi) is 4.38. The van der Waals surface area contributed by atoms with Crippen LogP contribution in [-0.4, -0.2) is 32.6 Å². The number of carbonyl (C=O) groups is 1. The maximum Gasteiger partial charge on any atom is 0.292 e. The molecule has 3 aromatic rings. The van der Waals surface area contributed by atoms with E-state index in [1.807, 2.05) is 35.9 Å². The van der Waals surface area contributed by atoms with E-state index < -0.39 is 0 Å². The van der Waals surface area contributed by atoms with Crippen LogP contribution in [0.25, 0.3) is 11.0 Å². The van der Waals surface area contributed by atoms with E-state index in [1.165, 1.54) is 0 Å². The summed E-state index contributed by atoms with van der Waals surface area (Å²) in [5.74, 6) is 1.38. The SMILES string of the molecule is CC(C)Cc1cc(C(=O)N(C)Cc2nc3ccccc3n2C)on1. The fraction of sp³-hybridized carbons (Fsp3) is 0.389. The molecule has 0 fully saturated rings. The summed E-state index contributed by atoms with van der Waals surface area (Å²) in [6, 6.07) is 9.65. The lowest BCUT2D eigenvalue weighted by Crippen LogP contribution is -2.27. The van der Waals surface area contributed by atoms with Gasteiger partial charge in [0.25, 0.3) is 5.91 Å². The van der Waals surface area contributed by atoms with E-state index in [-0.39, 0.29) is 11.7 Å². The molecule has 1 aromatic carbocycles. The lowest BCUT2D eigenvalue weighted by Gasteiger charge is -2.14. The highest BCUT2D eigenvalue weighted by atomic mass is 16.5. The van der Waals surface area contributed by atoms with E-state index in [4.69, 9.17) is 4.52 Å². The Balaban J connectivity index is 1.75. The largest absolute Gasteiger partial charge is 0.351 e. The Bertz CT molecular complexity index is 863. The van der Waals surface area contributed by atoms with E-state index in [1.54, 1.807) is 18.0 Å². The zero-order valence-corrected chi connectivity index (χ0v) is 14.5. The van der Waals surface area contributed by atoms with Gasteiger partial charge in [0.1, 0.15) is 5.82 Å². The van der Waals surface area contributed by atoms with Gasteiger partial charge in [0.15, 0.2) is 0 Å². The van der Waals surface area contributed by atoms with Gasteiger partial charge < -0.3 is 14.0 Å². The second-order valence-corrected chi connectivity index (χ2v) is 6.52. The van der Waals surface area contributed by atoms with Crippen LogP contribution >= 0.6 is 0 Å². The van der Waals surface area contributed by atoms with Crippen LogP contribution in [0.5, 0.6) is 0 Å². The molecule has 0 saturated heterocycles. The fourth-order valence-corrected chi connectivity index (χ4v) is 2.74. The van der Waals surface area contributed by atoms with Crippen LogP contribution in [0.1, 0.15) is 35.9 Å². The molecule has 3 rings (SSSR count). The van der Waals surface area contributed by atoms with Gasteiger partial charge in [-0.05, 0) is 24.5 Å². The second-order valence-electron chi connectivity index (χ2n) is 6.52. The number of amides is 1. The topological polar surface area (TPSA) is 64.2 Å². The quantitative estimate of drug-likeness (QED) is 0.723. The van der Waals surface area contributed by atoms with Gasteiger partial charge in [-0.25, -0.2) is 4.98 Å². The van der Waals surface area contributed by atoms with Gasteiger partial charge in [0.2, 0.25) is 5.76 Å². The van der Waals surface area contributed by atoms with Crippen molar-refractivity contribution in [2.75, 3.05) is 7.05 Å². The molecule has 0 saturated carbocycles. The molecule has 2 heterocycles. The number of imidazole rings is 1. The smallest absolute Gasteiger partial charge is 0.292 e. The number of hydrogen-bond donors (Lipinski definition) is 0. The minimum atomic E-state index is -0.190. The lowest BCUT2D eigenvalue weighted by molar-refractivity contribution is 0.0739. The summed E-state index contributed by atoms with van der Waals surface area (Å²) < 4.78 is 7.21. The molecule has 6 nitrogen and oxygen atoms in total. The third-order valence-electron chi connectivity index (χ3n) is 3.99. The Morgan fingerprint density at radius 1 is 1.33 bits per heavy atom. The zero-order valence-electron chi connectivity index (χ0n) is 14.5. The van der Waals surface area contributed by atoms with E-state index in [0.29, 0.717) is 12.5 Å². The maximum absolute atomic E-state index is 12.5. The van der Waals surface area contributed by atoms with Crippen molar-refractivity contribution in [3.05, 3.63) is 47.6 Å². The van der Waals surface area contributed by atoms with Crippen LogP contribution in [0.4, 0.5) is 0 Å². The standard InChI is InChI=1S/C18H22N4O2/c1-12(2)9-13-10-16(24-20-13)18(23)21(3)11-17-19-14-7-5-6-8-15(14)22(17)4/h5-8,10,12H,9,11H2,1-4H3. The van der Waals surface area contributed by atoms with Crippen LogP contribution in [0.15, 0.2) is 34.9 Å². The number of aryl methyl sites for hydroxylation is 1. The van der Waals surface area contributed by atoms with Gasteiger partial charge in [-0.1, -0.05) is 31.1 Å². The number of carbonyl (C=O) groups excluding carboxylic acids is 1. The van der Waals surface area contributed by atoms with Crippen molar-refractivity contribution < 1.29 is 9.32 Å². The number of nitrogens with zero attached hydrogens (tertiary/aromatic N) is 4.